The van der Waals surface area contributed by atoms with Crippen LogP contribution in [0.4, 0.5) is 5.69 Å². The van der Waals surface area contributed by atoms with Gasteiger partial charge in [0.05, 0.1) is 12.1 Å². The number of esters is 1. The van der Waals surface area contributed by atoms with Gasteiger partial charge in [-0.1, -0.05) is 29.8 Å². The standard InChI is InChI=1S/C20H18N2O4S/c1-13-6-8-14(9-7-13)21-18(24)10-19-22-15(12-27-19)11-26-20(25)16-4-2-3-5-17(16)23/h2-9,12,23H,10-11H2,1H3,(H,21,24). The summed E-state index contributed by atoms with van der Waals surface area (Å²) in [5.41, 5.74) is 2.52. The van der Waals surface area contributed by atoms with Crippen LogP contribution in [0.2, 0.25) is 0 Å². The number of rotatable bonds is 6. The number of phenols is 1. The van der Waals surface area contributed by atoms with Gasteiger partial charge in [0.15, 0.2) is 0 Å². The largest absolute Gasteiger partial charge is 0.507 e. The smallest absolute Gasteiger partial charge is 0.342 e. The van der Waals surface area contributed by atoms with Crippen molar-refractivity contribution in [2.75, 3.05) is 5.32 Å². The molecule has 0 saturated heterocycles. The third-order valence-corrected chi connectivity index (χ3v) is 4.62. The second kappa shape index (κ2) is 8.46. The fraction of sp³-hybridized carbons (Fsp3) is 0.150. The molecule has 2 N–H and O–H groups in total. The lowest BCUT2D eigenvalue weighted by atomic mass is 10.2. The maximum atomic E-state index is 12.1. The molecule has 0 radical (unpaired) electrons. The Bertz CT molecular complexity index is 951. The average Bonchev–Trinajstić information content (AvgIpc) is 3.09. The lowest BCUT2D eigenvalue weighted by Crippen LogP contribution is -2.14. The number of benzene rings is 2. The minimum absolute atomic E-state index is 0.0246. The highest BCUT2D eigenvalue weighted by atomic mass is 32.1. The lowest BCUT2D eigenvalue weighted by Gasteiger charge is -2.05. The van der Waals surface area contributed by atoms with Gasteiger partial charge in [0.1, 0.15) is 22.9 Å². The number of aromatic nitrogens is 1. The molecule has 0 aliphatic carbocycles. The van der Waals surface area contributed by atoms with Crippen molar-refractivity contribution in [3.05, 3.63) is 75.7 Å². The van der Waals surface area contributed by atoms with Gasteiger partial charge in [-0.25, -0.2) is 9.78 Å². The van der Waals surface area contributed by atoms with Crippen LogP contribution in [0.25, 0.3) is 0 Å². The molecule has 27 heavy (non-hydrogen) atoms. The zero-order chi connectivity index (χ0) is 19.2. The van der Waals surface area contributed by atoms with Crippen molar-refractivity contribution in [3.63, 3.8) is 0 Å². The number of para-hydroxylation sites is 1. The predicted molar refractivity (Wildman–Crippen MR) is 103 cm³/mol. The number of hydrogen-bond donors (Lipinski definition) is 2. The van der Waals surface area contributed by atoms with Gasteiger partial charge in [-0.15, -0.1) is 11.3 Å². The minimum atomic E-state index is -0.625. The quantitative estimate of drug-likeness (QED) is 0.635. The van der Waals surface area contributed by atoms with E-state index in [1.165, 1.54) is 23.5 Å². The topological polar surface area (TPSA) is 88.5 Å². The summed E-state index contributed by atoms with van der Waals surface area (Å²) in [6, 6.07) is 13.7. The Kier molecular flexibility index (Phi) is 5.83. The molecule has 138 valence electrons. The Hall–Kier alpha value is -3.19. The third kappa shape index (κ3) is 5.15. The first-order chi connectivity index (χ1) is 13.0. The summed E-state index contributed by atoms with van der Waals surface area (Å²) >= 11 is 1.33. The molecular formula is C20H18N2O4S. The van der Waals surface area contributed by atoms with Gasteiger partial charge >= 0.3 is 5.97 Å². The van der Waals surface area contributed by atoms with E-state index < -0.39 is 5.97 Å². The number of anilines is 1. The van der Waals surface area contributed by atoms with Crippen LogP contribution in [0, 0.1) is 6.92 Å². The summed E-state index contributed by atoms with van der Waals surface area (Å²) in [6.45, 7) is 1.96. The normalized spacial score (nSPS) is 10.4. The molecule has 1 heterocycles. The van der Waals surface area contributed by atoms with Crippen LogP contribution in [0.15, 0.2) is 53.9 Å². The Balaban J connectivity index is 1.52. The van der Waals surface area contributed by atoms with Crippen LogP contribution in [0.3, 0.4) is 0 Å². The van der Waals surface area contributed by atoms with E-state index in [1.807, 2.05) is 31.2 Å². The highest BCUT2D eigenvalue weighted by molar-refractivity contribution is 7.09. The fourth-order valence-electron chi connectivity index (χ4n) is 2.34. The van der Waals surface area contributed by atoms with Crippen molar-refractivity contribution >= 4 is 28.9 Å². The van der Waals surface area contributed by atoms with E-state index in [2.05, 4.69) is 10.3 Å². The number of amides is 1. The van der Waals surface area contributed by atoms with Gasteiger partial charge in [0.2, 0.25) is 5.91 Å². The van der Waals surface area contributed by atoms with E-state index in [0.717, 1.165) is 11.3 Å². The number of ether oxygens (including phenoxy) is 1. The van der Waals surface area contributed by atoms with Gasteiger partial charge in [-0.2, -0.15) is 0 Å². The maximum Gasteiger partial charge on any atom is 0.342 e. The summed E-state index contributed by atoms with van der Waals surface area (Å²) in [6.07, 6.45) is 0.145. The van der Waals surface area contributed by atoms with Crippen LogP contribution < -0.4 is 5.32 Å². The number of hydrogen-bond acceptors (Lipinski definition) is 6. The van der Waals surface area contributed by atoms with Crippen molar-refractivity contribution in [1.82, 2.24) is 4.98 Å². The highest BCUT2D eigenvalue weighted by Crippen LogP contribution is 2.18. The molecule has 0 unspecified atom stereocenters. The number of phenolic OH excluding ortho intramolecular Hbond substituents is 1. The molecule has 0 atom stereocenters. The number of nitrogens with zero attached hydrogens (tertiary/aromatic N) is 1. The summed E-state index contributed by atoms with van der Waals surface area (Å²) in [7, 11) is 0. The summed E-state index contributed by atoms with van der Waals surface area (Å²) in [5, 5.41) is 14.9. The molecule has 3 aromatic rings. The molecule has 0 aliphatic heterocycles. The SMILES string of the molecule is Cc1ccc(NC(=O)Cc2nc(COC(=O)c3ccccc3O)cs2)cc1. The van der Waals surface area contributed by atoms with Crippen molar-refractivity contribution < 1.29 is 19.4 Å². The average molecular weight is 382 g/mol. The lowest BCUT2D eigenvalue weighted by molar-refractivity contribution is -0.115. The molecule has 1 aromatic heterocycles. The van der Waals surface area contributed by atoms with Crippen LogP contribution in [0.5, 0.6) is 5.75 Å². The second-order valence-corrected chi connectivity index (χ2v) is 6.86. The Labute approximate surface area is 160 Å². The summed E-state index contributed by atoms with van der Waals surface area (Å²) in [5.74, 6) is -0.917. The molecule has 3 rings (SSSR count). The number of nitrogens with one attached hydrogen (secondary N) is 1. The van der Waals surface area contributed by atoms with Crippen LogP contribution in [0.1, 0.15) is 26.6 Å². The van der Waals surface area contributed by atoms with Gasteiger partial charge in [0.25, 0.3) is 0 Å². The van der Waals surface area contributed by atoms with E-state index in [9.17, 15) is 14.7 Å². The van der Waals surface area contributed by atoms with Crippen LogP contribution in [-0.4, -0.2) is 22.0 Å². The monoisotopic (exact) mass is 382 g/mol. The van der Waals surface area contributed by atoms with Crippen molar-refractivity contribution in [1.29, 1.82) is 0 Å². The third-order valence-electron chi connectivity index (χ3n) is 3.72. The van der Waals surface area contributed by atoms with Crippen molar-refractivity contribution in [2.45, 2.75) is 20.0 Å². The molecule has 0 fully saturated rings. The highest BCUT2D eigenvalue weighted by Gasteiger charge is 2.13. The summed E-state index contributed by atoms with van der Waals surface area (Å²) in [4.78, 5) is 28.4. The van der Waals surface area contributed by atoms with E-state index >= 15 is 0 Å². The molecule has 2 aromatic carbocycles. The minimum Gasteiger partial charge on any atom is -0.507 e. The second-order valence-electron chi connectivity index (χ2n) is 5.92. The van der Waals surface area contributed by atoms with Gasteiger partial charge in [-0.3, -0.25) is 4.79 Å². The number of thiazole rings is 1. The van der Waals surface area contributed by atoms with Gasteiger partial charge in [-0.05, 0) is 31.2 Å². The van der Waals surface area contributed by atoms with Gasteiger partial charge < -0.3 is 15.2 Å². The molecule has 7 heteroatoms. The van der Waals surface area contributed by atoms with E-state index in [-0.39, 0.29) is 30.2 Å². The van der Waals surface area contributed by atoms with E-state index in [0.29, 0.717) is 10.7 Å². The predicted octanol–water partition coefficient (Wildman–Crippen LogP) is 3.70. The molecule has 0 aliphatic rings. The van der Waals surface area contributed by atoms with Crippen molar-refractivity contribution in [2.24, 2.45) is 0 Å². The molecule has 0 bridgehead atoms. The fourth-order valence-corrected chi connectivity index (χ4v) is 3.12. The van der Waals surface area contributed by atoms with E-state index in [1.54, 1.807) is 17.5 Å². The number of aryl methyl sites for hydroxylation is 1. The number of aromatic hydroxyl groups is 1. The summed E-state index contributed by atoms with van der Waals surface area (Å²) < 4.78 is 5.16. The Morgan fingerprint density at radius 3 is 2.63 bits per heavy atom. The van der Waals surface area contributed by atoms with E-state index in [4.69, 9.17) is 4.74 Å². The van der Waals surface area contributed by atoms with Crippen molar-refractivity contribution in [3.8, 4) is 5.75 Å². The first-order valence-corrected chi connectivity index (χ1v) is 9.14. The molecule has 0 saturated carbocycles. The molecule has 1 amide bonds. The van der Waals surface area contributed by atoms with Crippen LogP contribution in [-0.2, 0) is 22.6 Å². The zero-order valence-electron chi connectivity index (χ0n) is 14.6. The number of carbonyl (C=O) groups is 2. The number of carbonyl (C=O) groups excluding carboxylic acids is 2. The molecular weight excluding hydrogens is 364 g/mol. The molecule has 0 spiro atoms. The zero-order valence-corrected chi connectivity index (χ0v) is 15.5. The maximum absolute atomic E-state index is 12.1. The van der Waals surface area contributed by atoms with Crippen LogP contribution >= 0.6 is 11.3 Å². The Morgan fingerprint density at radius 1 is 1.15 bits per heavy atom. The first kappa shape index (κ1) is 18.6. The van der Waals surface area contributed by atoms with Gasteiger partial charge in [0, 0.05) is 11.1 Å². The Morgan fingerprint density at radius 2 is 1.89 bits per heavy atom. The first-order valence-electron chi connectivity index (χ1n) is 8.26. The molecule has 6 nitrogen and oxygen atoms in total.